The molecule has 0 aliphatic rings. The van der Waals surface area contributed by atoms with Crippen LogP contribution in [0.2, 0.25) is 0 Å². The first-order valence-corrected chi connectivity index (χ1v) is 14.1. The topological polar surface area (TPSA) is 9.86 Å². The minimum absolute atomic E-state index is 0.0145. The highest BCUT2D eigenvalue weighted by molar-refractivity contribution is 6.12. The second-order valence-electron chi connectivity index (χ2n) is 10.4. The number of hydrogen-bond donors (Lipinski definition) is 0. The van der Waals surface area contributed by atoms with E-state index in [1.165, 1.54) is 16.7 Å². The molecule has 0 unspecified atom stereocenters. The Kier molecular flexibility index (Phi) is 3.49. The number of nitrogens with zero attached hydrogens (tertiary/aromatic N) is 2. The molecule has 0 aliphatic carbocycles. The van der Waals surface area contributed by atoms with E-state index in [4.69, 9.17) is 8.22 Å². The molecule has 0 bridgehead atoms. The van der Waals surface area contributed by atoms with Gasteiger partial charge in [0.1, 0.15) is 0 Å². The van der Waals surface area contributed by atoms with Crippen LogP contribution in [0.15, 0.2) is 170 Å². The highest BCUT2D eigenvalue weighted by atomic mass is 15.0. The number of fused-ring (bicyclic) bond motifs is 6. The third-order valence-electron chi connectivity index (χ3n) is 7.89. The molecule has 0 saturated carbocycles. The second kappa shape index (κ2) is 9.86. The van der Waals surface area contributed by atoms with Crippen molar-refractivity contribution >= 4 is 43.6 Å². The molecule has 0 N–H and O–H groups in total. The van der Waals surface area contributed by atoms with Gasteiger partial charge in [0.2, 0.25) is 0 Å². The first-order chi connectivity index (χ1) is 26.8. The summed E-state index contributed by atoms with van der Waals surface area (Å²) < 4.78 is 113. The lowest BCUT2D eigenvalue weighted by molar-refractivity contribution is 1.18. The lowest BCUT2D eigenvalue weighted by atomic mass is 10.0. The Morgan fingerprint density at radius 3 is 1.66 bits per heavy atom. The van der Waals surface area contributed by atoms with Gasteiger partial charge in [0.15, 0.2) is 0 Å². The van der Waals surface area contributed by atoms with Gasteiger partial charge < -0.3 is 9.13 Å². The molecule has 2 heteroatoms. The number of aromatic nitrogens is 2. The summed E-state index contributed by atoms with van der Waals surface area (Å²) in [6.45, 7) is 0. The van der Waals surface area contributed by atoms with Gasteiger partial charge in [0, 0.05) is 32.9 Å². The quantitative estimate of drug-likeness (QED) is 0.198. The van der Waals surface area contributed by atoms with Crippen LogP contribution in [0.5, 0.6) is 0 Å². The Labute approximate surface area is 272 Å². The van der Waals surface area contributed by atoms with E-state index in [0.29, 0.717) is 11.4 Å². The highest BCUT2D eigenvalue weighted by Gasteiger charge is 2.16. The van der Waals surface area contributed by atoms with E-state index in [0.717, 1.165) is 11.1 Å². The van der Waals surface area contributed by atoms with Gasteiger partial charge in [-0.2, -0.15) is 0 Å². The van der Waals surface area contributed by atoms with Crippen molar-refractivity contribution in [2.45, 2.75) is 0 Å². The predicted octanol–water partition coefficient (Wildman–Crippen LogP) is 11.2. The van der Waals surface area contributed by atoms with Gasteiger partial charge in [-0.3, -0.25) is 0 Å². The summed E-state index contributed by atoms with van der Waals surface area (Å²) >= 11 is 0. The summed E-state index contributed by atoms with van der Waals surface area (Å²) in [7, 11) is 0. The molecule has 44 heavy (non-hydrogen) atoms. The Morgan fingerprint density at radius 1 is 0.364 bits per heavy atom. The molecule has 0 atom stereocenters. The van der Waals surface area contributed by atoms with Crippen LogP contribution >= 0.6 is 0 Å². The Balaban J connectivity index is 1.45. The standard InChI is InChI=1S/C42H28N2/c1-3-12-29(13-4-1)30-14-11-17-34(26-30)44-40-21-10-8-19-36(40)38-28-32(23-25-42(38)44)31-22-24-41-37(27-31)35-18-7-9-20-39(35)43(41)33-15-5-2-6-16-33/h1-28H/i8D,9D,18D,19D,20D,21D,22D,23D,24D,25D,27D,28D. The molecule has 9 aromatic rings. The molecule has 206 valence electrons. The lowest BCUT2D eigenvalue weighted by Gasteiger charge is -2.11. The molecule has 7 aromatic carbocycles. The zero-order valence-electron chi connectivity index (χ0n) is 35.1. The maximum atomic E-state index is 9.72. The smallest absolute Gasteiger partial charge is 0.0645 e. The van der Waals surface area contributed by atoms with Crippen molar-refractivity contribution in [3.63, 3.8) is 0 Å². The lowest BCUT2D eigenvalue weighted by Crippen LogP contribution is -1.94. The fraction of sp³-hybridized carbons (Fsp3) is 0. The van der Waals surface area contributed by atoms with Gasteiger partial charge in [-0.15, -0.1) is 0 Å². The van der Waals surface area contributed by atoms with E-state index in [2.05, 4.69) is 0 Å². The molecule has 9 rings (SSSR count). The summed E-state index contributed by atoms with van der Waals surface area (Å²) in [6.07, 6.45) is 0. The van der Waals surface area contributed by atoms with Crippen LogP contribution in [0.25, 0.3) is 77.2 Å². The van der Waals surface area contributed by atoms with Crippen LogP contribution < -0.4 is 0 Å². The normalized spacial score (nSPS) is 15.5. The Morgan fingerprint density at radius 2 is 0.909 bits per heavy atom. The van der Waals surface area contributed by atoms with Crippen LogP contribution in [0.4, 0.5) is 0 Å². The highest BCUT2D eigenvalue weighted by Crippen LogP contribution is 2.38. The average molecular weight is 573 g/mol. The van der Waals surface area contributed by atoms with Gasteiger partial charge >= 0.3 is 0 Å². The molecule has 0 spiro atoms. The van der Waals surface area contributed by atoms with Crippen molar-refractivity contribution < 1.29 is 16.4 Å². The third-order valence-corrected chi connectivity index (χ3v) is 7.89. The summed E-state index contributed by atoms with van der Waals surface area (Å²) in [5, 5.41) is 0.130. The van der Waals surface area contributed by atoms with Gasteiger partial charge in [0.05, 0.1) is 38.5 Å². The molecule has 2 nitrogen and oxygen atoms in total. The van der Waals surface area contributed by atoms with Crippen molar-refractivity contribution in [2.24, 2.45) is 0 Å². The third kappa shape index (κ3) is 3.82. The molecule has 0 radical (unpaired) electrons. The summed E-state index contributed by atoms with van der Waals surface area (Å²) in [5.41, 5.74) is 2.40. The maximum Gasteiger partial charge on any atom is 0.0645 e. The molecule has 2 heterocycles. The second-order valence-corrected chi connectivity index (χ2v) is 10.4. The van der Waals surface area contributed by atoms with Crippen LogP contribution in [0.1, 0.15) is 16.4 Å². The summed E-state index contributed by atoms with van der Waals surface area (Å²) in [6, 6.07) is 23.9. The van der Waals surface area contributed by atoms with Crippen molar-refractivity contribution in [2.75, 3.05) is 0 Å². The Hall–Kier alpha value is -5.86. The fourth-order valence-electron chi connectivity index (χ4n) is 5.92. The summed E-state index contributed by atoms with van der Waals surface area (Å²) in [5.74, 6) is 0. The van der Waals surface area contributed by atoms with Gasteiger partial charge in [-0.25, -0.2) is 0 Å². The van der Waals surface area contributed by atoms with E-state index in [9.17, 15) is 8.22 Å². The van der Waals surface area contributed by atoms with E-state index >= 15 is 0 Å². The van der Waals surface area contributed by atoms with Crippen LogP contribution in [-0.4, -0.2) is 9.13 Å². The van der Waals surface area contributed by atoms with E-state index in [1.54, 1.807) is 41.0 Å². The first-order valence-electron chi connectivity index (χ1n) is 20.1. The minimum atomic E-state index is -0.528. The van der Waals surface area contributed by atoms with Gasteiger partial charge in [-0.1, -0.05) is 109 Å². The SMILES string of the molecule is [2H]c1cc([2H])c2c(c1[2H])c1c([2H])c(-c3c([2H])c([2H])c4c(c3[2H])c3c([2H])cc([2H])c([2H])c3n4-c3ccccc3)c([2H])c([2H])c1n2-c1cccc(-c2ccccc2)c1. The van der Waals surface area contributed by atoms with Crippen LogP contribution in [0.3, 0.4) is 0 Å². The van der Waals surface area contributed by atoms with Crippen molar-refractivity contribution in [1.29, 1.82) is 0 Å². The first kappa shape index (κ1) is 15.6. The van der Waals surface area contributed by atoms with Crippen molar-refractivity contribution in [3.8, 4) is 33.6 Å². The van der Waals surface area contributed by atoms with Gasteiger partial charge in [-0.05, 0) is 82.8 Å². The molecular formula is C42H28N2. The number of benzene rings is 7. The number of hydrogen-bond acceptors (Lipinski definition) is 0. The van der Waals surface area contributed by atoms with Crippen LogP contribution in [-0.2, 0) is 0 Å². The van der Waals surface area contributed by atoms with E-state index in [1.807, 2.05) is 48.5 Å². The molecule has 0 aliphatic heterocycles. The van der Waals surface area contributed by atoms with Gasteiger partial charge in [0.25, 0.3) is 0 Å². The number of rotatable bonds is 4. The van der Waals surface area contributed by atoms with Crippen molar-refractivity contribution in [3.05, 3.63) is 170 Å². The zero-order chi connectivity index (χ0) is 39.5. The molecule has 0 fully saturated rings. The van der Waals surface area contributed by atoms with Crippen LogP contribution in [0, 0.1) is 0 Å². The fourth-order valence-corrected chi connectivity index (χ4v) is 5.92. The van der Waals surface area contributed by atoms with Crippen molar-refractivity contribution in [1.82, 2.24) is 9.13 Å². The average Bonchev–Trinajstić information content (AvgIpc) is 3.76. The zero-order valence-corrected chi connectivity index (χ0v) is 23.1. The maximum absolute atomic E-state index is 9.72. The van der Waals surface area contributed by atoms with E-state index in [-0.39, 0.29) is 91.0 Å². The Bertz CT molecular complexity index is 3150. The molecule has 0 saturated heterocycles. The summed E-state index contributed by atoms with van der Waals surface area (Å²) in [4.78, 5) is 0. The number of para-hydroxylation sites is 3. The molecule has 0 amide bonds. The molecule has 2 aromatic heterocycles. The molecular weight excluding hydrogens is 532 g/mol. The van der Waals surface area contributed by atoms with E-state index < -0.39 is 36.3 Å². The monoisotopic (exact) mass is 572 g/mol. The largest absolute Gasteiger partial charge is 0.309 e. The minimum Gasteiger partial charge on any atom is -0.309 e. The predicted molar refractivity (Wildman–Crippen MR) is 186 cm³/mol.